The molecule has 1 aliphatic carbocycles. The van der Waals surface area contributed by atoms with Crippen LogP contribution in [0.4, 0.5) is 5.69 Å². The molecule has 2 atom stereocenters. The van der Waals surface area contributed by atoms with E-state index >= 15 is 0 Å². The highest BCUT2D eigenvalue weighted by Gasteiger charge is 2.31. The van der Waals surface area contributed by atoms with E-state index in [1.54, 1.807) is 4.90 Å². The first-order valence-corrected chi connectivity index (χ1v) is 12.3. The topological polar surface area (TPSA) is 92.6 Å². The predicted octanol–water partition coefficient (Wildman–Crippen LogP) is 2.74. The molecule has 2 unspecified atom stereocenters. The van der Waals surface area contributed by atoms with Gasteiger partial charge in [-0.3, -0.25) is 14.5 Å². The molecule has 0 spiro atoms. The third kappa shape index (κ3) is 4.03. The summed E-state index contributed by atoms with van der Waals surface area (Å²) in [5.74, 6) is 0.777. The van der Waals surface area contributed by atoms with Crippen LogP contribution in [0, 0.1) is 5.92 Å². The summed E-state index contributed by atoms with van der Waals surface area (Å²) < 4.78 is 8.62. The van der Waals surface area contributed by atoms with E-state index in [0.717, 1.165) is 46.4 Å². The zero-order valence-electron chi connectivity index (χ0n) is 20.3. The molecule has 0 bridgehead atoms. The Bertz CT molecular complexity index is 1330. The van der Waals surface area contributed by atoms with Crippen molar-refractivity contribution in [2.45, 2.75) is 44.9 Å². The summed E-state index contributed by atoms with van der Waals surface area (Å²) in [6, 6.07) is 8.59. The number of carbonyl (C=O) groups is 2. The minimum atomic E-state index is -0.172. The molecule has 1 saturated heterocycles. The number of benzene rings is 1. The largest absolute Gasteiger partial charge is 0.473 e. The van der Waals surface area contributed by atoms with Crippen LogP contribution in [0.2, 0.25) is 0 Å². The van der Waals surface area contributed by atoms with Crippen LogP contribution in [0.5, 0.6) is 5.88 Å². The molecule has 1 aromatic carbocycles. The number of pyridine rings is 1. The Hall–Kier alpha value is -3.46. The minimum Gasteiger partial charge on any atom is -0.473 e. The molecule has 9 nitrogen and oxygen atoms in total. The Kier molecular flexibility index (Phi) is 5.25. The molecule has 1 saturated carbocycles. The molecule has 2 fully saturated rings. The van der Waals surface area contributed by atoms with Crippen molar-refractivity contribution in [1.29, 1.82) is 0 Å². The summed E-state index contributed by atoms with van der Waals surface area (Å²) in [6.07, 6.45) is 4.43. The number of likely N-dealkylation sites (N-methyl/N-ethyl adjacent to an activating group) is 2. The molecule has 3 aliphatic rings. The molecule has 3 aromatic rings. The van der Waals surface area contributed by atoms with E-state index in [2.05, 4.69) is 27.0 Å². The van der Waals surface area contributed by atoms with Crippen molar-refractivity contribution in [2.75, 3.05) is 32.1 Å². The van der Waals surface area contributed by atoms with Gasteiger partial charge in [0.15, 0.2) is 0 Å². The maximum Gasteiger partial charge on any atom is 0.241 e. The van der Waals surface area contributed by atoms with Gasteiger partial charge in [-0.05, 0) is 44.5 Å². The molecule has 2 amide bonds. The van der Waals surface area contributed by atoms with Gasteiger partial charge in [0.2, 0.25) is 17.7 Å². The fourth-order valence-corrected chi connectivity index (χ4v) is 5.10. The third-order valence-corrected chi connectivity index (χ3v) is 7.39. The molecule has 0 radical (unpaired) electrons. The predicted molar refractivity (Wildman–Crippen MR) is 132 cm³/mol. The first-order valence-electron chi connectivity index (χ1n) is 12.3. The van der Waals surface area contributed by atoms with Gasteiger partial charge < -0.3 is 19.5 Å². The second-order valence-electron chi connectivity index (χ2n) is 10.1. The number of hydrogen-bond acceptors (Lipinski definition) is 6. The molecular formula is C26H30N6O3. The third-order valence-electron chi connectivity index (χ3n) is 7.39. The van der Waals surface area contributed by atoms with Crippen molar-refractivity contribution >= 4 is 28.5 Å². The average Bonchev–Trinajstić information content (AvgIpc) is 3.46. The lowest BCUT2D eigenvalue weighted by Crippen LogP contribution is -2.33. The smallest absolute Gasteiger partial charge is 0.241 e. The van der Waals surface area contributed by atoms with Crippen LogP contribution in [0.3, 0.4) is 0 Å². The van der Waals surface area contributed by atoms with Gasteiger partial charge in [0, 0.05) is 49.8 Å². The van der Waals surface area contributed by atoms with Crippen molar-refractivity contribution in [3.8, 4) is 17.1 Å². The number of hydrogen-bond donors (Lipinski definition) is 1. The second-order valence-corrected chi connectivity index (χ2v) is 10.1. The summed E-state index contributed by atoms with van der Waals surface area (Å²) in [5.41, 5.74) is 5.40. The lowest BCUT2D eigenvalue weighted by molar-refractivity contribution is -0.120. The van der Waals surface area contributed by atoms with Gasteiger partial charge in [-0.15, -0.1) is 0 Å². The molecule has 4 heterocycles. The summed E-state index contributed by atoms with van der Waals surface area (Å²) in [6.45, 7) is 3.72. The second kappa shape index (κ2) is 8.34. The summed E-state index contributed by atoms with van der Waals surface area (Å²) >= 11 is 0. The highest BCUT2D eigenvalue weighted by atomic mass is 16.5. The van der Waals surface area contributed by atoms with Gasteiger partial charge in [-0.2, -0.15) is 0 Å². The molecule has 6 rings (SSSR count). The van der Waals surface area contributed by atoms with Crippen LogP contribution in [0.25, 0.3) is 22.3 Å². The van der Waals surface area contributed by atoms with Crippen LogP contribution < -0.4 is 15.0 Å². The molecule has 9 heteroatoms. The SMILES string of the molecule is CC(Oc1nc(-c2ccc3c(c2)N(C)C(=O)CN(C)C3)cc2ncn(C3CC3)c12)C1CNC(=O)C1. The highest BCUT2D eigenvalue weighted by Crippen LogP contribution is 2.41. The molecule has 1 N–H and O–H groups in total. The summed E-state index contributed by atoms with van der Waals surface area (Å²) in [7, 11) is 3.78. The first kappa shape index (κ1) is 22.0. The van der Waals surface area contributed by atoms with Crippen LogP contribution in [-0.2, 0) is 16.1 Å². The van der Waals surface area contributed by atoms with Crippen LogP contribution in [0.15, 0.2) is 30.6 Å². The minimum absolute atomic E-state index is 0.0626. The van der Waals surface area contributed by atoms with E-state index < -0.39 is 0 Å². The van der Waals surface area contributed by atoms with Crippen molar-refractivity contribution < 1.29 is 14.3 Å². The Morgan fingerprint density at radius 1 is 1.14 bits per heavy atom. The van der Waals surface area contributed by atoms with Gasteiger partial charge in [-0.1, -0.05) is 12.1 Å². The summed E-state index contributed by atoms with van der Waals surface area (Å²) in [5, 5.41) is 2.90. The van der Waals surface area contributed by atoms with Crippen molar-refractivity contribution in [3.63, 3.8) is 0 Å². The number of nitrogens with zero attached hydrogens (tertiary/aromatic N) is 5. The number of anilines is 1. The van der Waals surface area contributed by atoms with Crippen LogP contribution in [-0.4, -0.2) is 64.5 Å². The van der Waals surface area contributed by atoms with Gasteiger partial charge >= 0.3 is 0 Å². The van der Waals surface area contributed by atoms with E-state index in [9.17, 15) is 9.59 Å². The normalized spacial score (nSPS) is 21.7. The van der Waals surface area contributed by atoms with E-state index in [1.165, 1.54) is 0 Å². The number of amides is 2. The zero-order chi connectivity index (χ0) is 24.3. The van der Waals surface area contributed by atoms with Gasteiger partial charge in [0.25, 0.3) is 0 Å². The molecule has 35 heavy (non-hydrogen) atoms. The fourth-order valence-electron chi connectivity index (χ4n) is 5.10. The Morgan fingerprint density at radius 3 is 2.71 bits per heavy atom. The van der Waals surface area contributed by atoms with E-state index in [1.807, 2.05) is 44.4 Å². The number of aromatic nitrogens is 3. The first-order chi connectivity index (χ1) is 16.9. The molecule has 2 aliphatic heterocycles. The molecular weight excluding hydrogens is 444 g/mol. The Morgan fingerprint density at radius 2 is 1.97 bits per heavy atom. The Balaban J connectivity index is 1.42. The Labute approximate surface area is 204 Å². The van der Waals surface area contributed by atoms with Crippen molar-refractivity contribution in [1.82, 2.24) is 24.8 Å². The van der Waals surface area contributed by atoms with Crippen LogP contribution >= 0.6 is 0 Å². The van der Waals surface area contributed by atoms with Crippen LogP contribution in [0.1, 0.15) is 37.8 Å². The number of fused-ring (bicyclic) bond motifs is 2. The van der Waals surface area contributed by atoms with E-state index in [-0.39, 0.29) is 23.8 Å². The number of ether oxygens (including phenoxy) is 1. The monoisotopic (exact) mass is 474 g/mol. The zero-order valence-corrected chi connectivity index (χ0v) is 20.3. The van der Waals surface area contributed by atoms with Gasteiger partial charge in [0.1, 0.15) is 11.6 Å². The van der Waals surface area contributed by atoms with Gasteiger partial charge in [0.05, 0.1) is 24.1 Å². The van der Waals surface area contributed by atoms with E-state index in [4.69, 9.17) is 9.72 Å². The number of imidazole rings is 1. The highest BCUT2D eigenvalue weighted by molar-refractivity contribution is 5.96. The van der Waals surface area contributed by atoms with Crippen molar-refractivity contribution in [2.24, 2.45) is 5.92 Å². The maximum absolute atomic E-state index is 12.6. The fraction of sp³-hybridized carbons (Fsp3) is 0.462. The molecule has 182 valence electrons. The van der Waals surface area contributed by atoms with Crippen molar-refractivity contribution in [3.05, 3.63) is 36.2 Å². The average molecular weight is 475 g/mol. The van der Waals surface area contributed by atoms with E-state index in [0.29, 0.717) is 38.0 Å². The lowest BCUT2D eigenvalue weighted by atomic mass is 10.0. The molecule has 2 aromatic heterocycles. The number of carbonyl (C=O) groups excluding carboxylic acids is 2. The number of rotatable bonds is 5. The van der Waals surface area contributed by atoms with Gasteiger partial charge in [-0.25, -0.2) is 9.97 Å². The lowest BCUT2D eigenvalue weighted by Gasteiger charge is -2.21. The maximum atomic E-state index is 12.6. The quantitative estimate of drug-likeness (QED) is 0.611. The number of nitrogens with one attached hydrogen (secondary N) is 1. The summed E-state index contributed by atoms with van der Waals surface area (Å²) in [4.78, 5) is 37.8. The standard InChI is InChI=1S/C26H30N6O3/c1-15(18-9-23(33)27-11-18)35-26-25-21(28-14-32(25)19-6-7-19)10-20(29-26)16-4-5-17-12-30(2)13-24(34)31(3)22(17)8-16/h4-5,8,10,14-15,18-19H,6-7,9,11-13H2,1-3H3,(H,27,33).